The lowest BCUT2D eigenvalue weighted by Crippen LogP contribution is -2.14. The second-order valence-corrected chi connectivity index (χ2v) is 3.47. The summed E-state index contributed by atoms with van der Waals surface area (Å²) in [5, 5.41) is 14.2. The maximum absolute atomic E-state index is 5.61. The number of halogens is 1. The van der Waals surface area contributed by atoms with Crippen LogP contribution in [-0.2, 0) is 7.05 Å². The van der Waals surface area contributed by atoms with Crippen LogP contribution in [0.2, 0.25) is 0 Å². The third-order valence-electron chi connectivity index (χ3n) is 1.83. The normalized spacial score (nSPS) is 12.8. The second kappa shape index (κ2) is 5.01. The van der Waals surface area contributed by atoms with Crippen molar-refractivity contribution in [1.82, 2.24) is 20.2 Å². The lowest BCUT2D eigenvalue weighted by atomic mass is 10.1. The molecule has 0 saturated heterocycles. The van der Waals surface area contributed by atoms with E-state index in [9.17, 15) is 0 Å². The highest BCUT2D eigenvalue weighted by Crippen LogP contribution is 2.04. The third-order valence-corrected chi connectivity index (χ3v) is 2.05. The molecule has 1 atom stereocenters. The minimum absolute atomic E-state index is 0.536. The number of aromatic nitrogens is 4. The number of anilines is 1. The van der Waals surface area contributed by atoms with E-state index in [1.807, 2.05) is 0 Å². The topological polar surface area (TPSA) is 55.6 Å². The molecule has 1 unspecified atom stereocenters. The molecule has 1 aromatic heterocycles. The minimum Gasteiger partial charge on any atom is -0.353 e. The highest BCUT2D eigenvalue weighted by Gasteiger charge is 2.04. The fourth-order valence-corrected chi connectivity index (χ4v) is 1.31. The van der Waals surface area contributed by atoms with Gasteiger partial charge in [0.05, 0.1) is 0 Å². The standard InChI is InChI=1S/C7H14ClN5/c1-6(3-4-8)5-9-7-10-11-12-13(7)2/h6H,3-5H2,1-2H3,(H,9,10,12). The zero-order valence-electron chi connectivity index (χ0n) is 7.87. The molecule has 0 spiro atoms. The zero-order chi connectivity index (χ0) is 9.68. The van der Waals surface area contributed by atoms with Crippen LogP contribution in [0.15, 0.2) is 0 Å². The summed E-state index contributed by atoms with van der Waals surface area (Å²) < 4.78 is 1.60. The van der Waals surface area contributed by atoms with Crippen LogP contribution >= 0.6 is 11.6 Å². The van der Waals surface area contributed by atoms with E-state index < -0.39 is 0 Å². The second-order valence-electron chi connectivity index (χ2n) is 3.09. The predicted molar refractivity (Wildman–Crippen MR) is 51.8 cm³/mol. The number of alkyl halides is 1. The van der Waals surface area contributed by atoms with Gasteiger partial charge in [-0.25, -0.2) is 4.68 Å². The molecule has 0 fully saturated rings. The first-order chi connectivity index (χ1) is 6.24. The summed E-state index contributed by atoms with van der Waals surface area (Å²) >= 11 is 5.61. The number of aryl methyl sites for hydroxylation is 1. The van der Waals surface area contributed by atoms with Crippen LogP contribution in [0.4, 0.5) is 5.95 Å². The summed E-state index contributed by atoms with van der Waals surface area (Å²) in [6.45, 7) is 2.99. The van der Waals surface area contributed by atoms with Crippen LogP contribution in [0.25, 0.3) is 0 Å². The summed E-state index contributed by atoms with van der Waals surface area (Å²) in [5.41, 5.74) is 0. The number of hydrogen-bond donors (Lipinski definition) is 1. The van der Waals surface area contributed by atoms with Gasteiger partial charge in [-0.1, -0.05) is 12.0 Å². The van der Waals surface area contributed by atoms with Crippen molar-refractivity contribution in [3.8, 4) is 0 Å². The highest BCUT2D eigenvalue weighted by molar-refractivity contribution is 6.17. The van der Waals surface area contributed by atoms with E-state index in [1.165, 1.54) is 0 Å². The van der Waals surface area contributed by atoms with Gasteiger partial charge < -0.3 is 5.32 Å². The fraction of sp³-hybridized carbons (Fsp3) is 0.857. The van der Waals surface area contributed by atoms with Gasteiger partial charge in [0.1, 0.15) is 0 Å². The van der Waals surface area contributed by atoms with Gasteiger partial charge >= 0.3 is 0 Å². The molecule has 6 heteroatoms. The van der Waals surface area contributed by atoms with Gasteiger partial charge in [0, 0.05) is 19.5 Å². The Hall–Kier alpha value is -0.840. The van der Waals surface area contributed by atoms with Crippen LogP contribution < -0.4 is 5.32 Å². The van der Waals surface area contributed by atoms with E-state index in [0.29, 0.717) is 17.7 Å². The van der Waals surface area contributed by atoms with Crippen LogP contribution in [-0.4, -0.2) is 32.6 Å². The Bertz CT molecular complexity index is 249. The quantitative estimate of drug-likeness (QED) is 0.723. The predicted octanol–water partition coefficient (Wildman–Crippen LogP) is 0.887. The van der Waals surface area contributed by atoms with Gasteiger partial charge in [-0.3, -0.25) is 0 Å². The molecular formula is C7H14ClN5. The maximum Gasteiger partial charge on any atom is 0.242 e. The Morgan fingerprint density at radius 3 is 2.92 bits per heavy atom. The molecular weight excluding hydrogens is 190 g/mol. The molecule has 1 heterocycles. The lowest BCUT2D eigenvalue weighted by molar-refractivity contribution is 0.591. The number of rotatable bonds is 5. The van der Waals surface area contributed by atoms with Crippen LogP contribution in [0.3, 0.4) is 0 Å². The van der Waals surface area contributed by atoms with E-state index in [0.717, 1.165) is 13.0 Å². The molecule has 1 N–H and O–H groups in total. The number of nitrogens with zero attached hydrogens (tertiary/aromatic N) is 4. The Kier molecular flexibility index (Phi) is 3.95. The Morgan fingerprint density at radius 2 is 2.38 bits per heavy atom. The highest BCUT2D eigenvalue weighted by atomic mass is 35.5. The molecule has 0 saturated carbocycles. The number of tetrazole rings is 1. The smallest absolute Gasteiger partial charge is 0.242 e. The van der Waals surface area contributed by atoms with Gasteiger partial charge in [0.15, 0.2) is 0 Å². The monoisotopic (exact) mass is 203 g/mol. The van der Waals surface area contributed by atoms with Crippen molar-refractivity contribution in [3.05, 3.63) is 0 Å². The Labute approximate surface area is 82.5 Å². The van der Waals surface area contributed by atoms with Crippen LogP contribution in [0.5, 0.6) is 0 Å². The SMILES string of the molecule is CC(CCCl)CNc1nnnn1C. The van der Waals surface area contributed by atoms with Crippen molar-refractivity contribution >= 4 is 17.5 Å². The van der Waals surface area contributed by atoms with Crippen molar-refractivity contribution in [1.29, 1.82) is 0 Å². The summed E-state index contributed by atoms with van der Waals surface area (Å²) in [5.74, 6) is 1.93. The van der Waals surface area contributed by atoms with Gasteiger partial charge in [-0.15, -0.1) is 11.6 Å². The van der Waals surface area contributed by atoms with Crippen molar-refractivity contribution < 1.29 is 0 Å². The maximum atomic E-state index is 5.61. The fourth-order valence-electron chi connectivity index (χ4n) is 0.933. The summed E-state index contributed by atoms with van der Waals surface area (Å²) in [4.78, 5) is 0. The molecule has 0 aromatic carbocycles. The zero-order valence-corrected chi connectivity index (χ0v) is 8.62. The van der Waals surface area contributed by atoms with E-state index in [4.69, 9.17) is 11.6 Å². The van der Waals surface area contributed by atoms with E-state index in [-0.39, 0.29) is 0 Å². The average Bonchev–Trinajstić information content (AvgIpc) is 2.48. The molecule has 0 bridgehead atoms. The average molecular weight is 204 g/mol. The van der Waals surface area contributed by atoms with Crippen LogP contribution in [0.1, 0.15) is 13.3 Å². The third kappa shape index (κ3) is 3.18. The Balaban J connectivity index is 2.30. The molecule has 1 aromatic rings. The van der Waals surface area contributed by atoms with Crippen molar-refractivity contribution in [2.24, 2.45) is 13.0 Å². The van der Waals surface area contributed by atoms with Crippen molar-refractivity contribution in [2.75, 3.05) is 17.7 Å². The van der Waals surface area contributed by atoms with Gasteiger partial charge in [-0.05, 0) is 22.8 Å². The molecule has 1 rings (SSSR count). The number of hydrogen-bond acceptors (Lipinski definition) is 4. The molecule has 0 aliphatic carbocycles. The molecule has 0 radical (unpaired) electrons. The summed E-state index contributed by atoms with van der Waals surface area (Å²) in [7, 11) is 1.80. The first-order valence-electron chi connectivity index (χ1n) is 4.26. The lowest BCUT2D eigenvalue weighted by Gasteiger charge is -2.09. The summed E-state index contributed by atoms with van der Waals surface area (Å²) in [6.07, 6.45) is 1.000. The van der Waals surface area contributed by atoms with Gasteiger partial charge in [0.2, 0.25) is 5.95 Å². The molecule has 74 valence electrons. The van der Waals surface area contributed by atoms with E-state index >= 15 is 0 Å². The van der Waals surface area contributed by atoms with Gasteiger partial charge in [-0.2, -0.15) is 0 Å². The molecule has 0 aliphatic heterocycles. The first-order valence-corrected chi connectivity index (χ1v) is 4.79. The van der Waals surface area contributed by atoms with Crippen LogP contribution in [0, 0.1) is 5.92 Å². The first kappa shape index (κ1) is 10.2. The largest absolute Gasteiger partial charge is 0.353 e. The minimum atomic E-state index is 0.536. The van der Waals surface area contributed by atoms with E-state index in [1.54, 1.807) is 11.7 Å². The molecule has 0 amide bonds. The Morgan fingerprint density at radius 1 is 1.62 bits per heavy atom. The molecule has 5 nitrogen and oxygen atoms in total. The van der Waals surface area contributed by atoms with Crippen molar-refractivity contribution in [2.45, 2.75) is 13.3 Å². The number of nitrogens with one attached hydrogen (secondary N) is 1. The van der Waals surface area contributed by atoms with Gasteiger partial charge in [0.25, 0.3) is 0 Å². The summed E-state index contributed by atoms with van der Waals surface area (Å²) in [6, 6.07) is 0. The molecule has 13 heavy (non-hydrogen) atoms. The van der Waals surface area contributed by atoms with Crippen molar-refractivity contribution in [3.63, 3.8) is 0 Å². The molecule has 0 aliphatic rings. The van der Waals surface area contributed by atoms with E-state index in [2.05, 4.69) is 27.8 Å².